The van der Waals surface area contributed by atoms with Crippen LogP contribution in [0.3, 0.4) is 0 Å². The van der Waals surface area contributed by atoms with E-state index in [0.29, 0.717) is 32.7 Å². The summed E-state index contributed by atoms with van der Waals surface area (Å²) in [6.45, 7) is 2.59. The number of aliphatic carboxylic acids is 1. The molecule has 1 N–H and O–H groups in total. The zero-order valence-electron chi connectivity index (χ0n) is 11.9. The molecule has 4 nitrogen and oxygen atoms in total. The van der Waals surface area contributed by atoms with E-state index >= 15 is 0 Å². The molecule has 2 aromatic carbocycles. The Morgan fingerprint density at radius 2 is 1.86 bits per heavy atom. The van der Waals surface area contributed by atoms with Crippen molar-refractivity contribution in [1.82, 2.24) is 4.90 Å². The summed E-state index contributed by atoms with van der Waals surface area (Å²) in [5.74, 6) is -0.759. The number of morpholine rings is 1. The number of rotatable bonds is 4. The molecule has 1 unspecified atom stereocenters. The summed E-state index contributed by atoms with van der Waals surface area (Å²) in [7, 11) is 0. The Morgan fingerprint density at radius 3 is 2.62 bits per heavy atom. The third kappa shape index (κ3) is 3.06. The fourth-order valence-corrected chi connectivity index (χ4v) is 2.94. The van der Waals surface area contributed by atoms with Gasteiger partial charge in [0.15, 0.2) is 0 Å². The lowest BCUT2D eigenvalue weighted by atomic mass is 9.98. The van der Waals surface area contributed by atoms with Gasteiger partial charge in [0.05, 0.1) is 13.2 Å². The van der Waals surface area contributed by atoms with Gasteiger partial charge >= 0.3 is 5.97 Å². The van der Waals surface area contributed by atoms with E-state index < -0.39 is 12.0 Å². The molecule has 1 saturated heterocycles. The molecule has 1 fully saturated rings. The molecule has 2 aromatic rings. The Bertz CT molecular complexity index is 629. The molecule has 1 atom stereocenters. The van der Waals surface area contributed by atoms with Crippen LogP contribution in [0.1, 0.15) is 5.56 Å². The van der Waals surface area contributed by atoms with Gasteiger partial charge in [-0.2, -0.15) is 0 Å². The standard InChI is InChI=1S/C17H19NO3/c19-17(20)16(18-8-10-21-11-9-18)12-14-6-3-5-13-4-1-2-7-15(13)14/h1-7,16H,8-12H2,(H,19,20). The topological polar surface area (TPSA) is 49.8 Å². The van der Waals surface area contributed by atoms with E-state index in [2.05, 4.69) is 18.2 Å². The number of hydrogen-bond donors (Lipinski definition) is 1. The molecule has 0 bridgehead atoms. The lowest BCUT2D eigenvalue weighted by Crippen LogP contribution is -2.48. The molecule has 0 radical (unpaired) electrons. The highest BCUT2D eigenvalue weighted by Gasteiger charge is 2.27. The van der Waals surface area contributed by atoms with Crippen molar-refractivity contribution < 1.29 is 14.6 Å². The number of benzene rings is 2. The molecule has 1 aliphatic heterocycles. The summed E-state index contributed by atoms with van der Waals surface area (Å²) < 4.78 is 5.32. The summed E-state index contributed by atoms with van der Waals surface area (Å²) in [6, 6.07) is 13.7. The minimum atomic E-state index is -0.759. The second-order valence-corrected chi connectivity index (χ2v) is 5.34. The molecular formula is C17H19NO3. The summed E-state index contributed by atoms with van der Waals surface area (Å²) >= 11 is 0. The largest absolute Gasteiger partial charge is 0.480 e. The Hall–Kier alpha value is -1.91. The lowest BCUT2D eigenvalue weighted by Gasteiger charge is -2.32. The van der Waals surface area contributed by atoms with Crippen molar-refractivity contribution in [3.8, 4) is 0 Å². The van der Waals surface area contributed by atoms with Crippen LogP contribution >= 0.6 is 0 Å². The summed E-state index contributed by atoms with van der Waals surface area (Å²) in [6.07, 6.45) is 0.524. The van der Waals surface area contributed by atoms with Crippen molar-refractivity contribution in [1.29, 1.82) is 0 Å². The van der Waals surface area contributed by atoms with E-state index in [9.17, 15) is 9.90 Å². The zero-order chi connectivity index (χ0) is 14.7. The van der Waals surface area contributed by atoms with Crippen LogP contribution in [0, 0.1) is 0 Å². The van der Waals surface area contributed by atoms with Crippen LogP contribution in [0.25, 0.3) is 10.8 Å². The number of fused-ring (bicyclic) bond motifs is 1. The molecule has 3 rings (SSSR count). The van der Waals surface area contributed by atoms with Gasteiger partial charge in [0.1, 0.15) is 6.04 Å². The first-order valence-corrected chi connectivity index (χ1v) is 7.27. The molecule has 1 heterocycles. The monoisotopic (exact) mass is 285 g/mol. The molecule has 0 amide bonds. The smallest absolute Gasteiger partial charge is 0.321 e. The maximum absolute atomic E-state index is 11.7. The highest BCUT2D eigenvalue weighted by Crippen LogP contribution is 2.21. The third-order valence-electron chi connectivity index (χ3n) is 4.06. The van der Waals surface area contributed by atoms with Gasteiger partial charge in [-0.05, 0) is 22.8 Å². The molecule has 4 heteroatoms. The number of carboxylic acid groups (broad SMARTS) is 1. The Balaban J connectivity index is 1.89. The number of carboxylic acids is 1. The van der Waals surface area contributed by atoms with Gasteiger partial charge in [-0.1, -0.05) is 42.5 Å². The van der Waals surface area contributed by atoms with Crippen LogP contribution < -0.4 is 0 Å². The average Bonchev–Trinajstić information content (AvgIpc) is 2.53. The average molecular weight is 285 g/mol. The van der Waals surface area contributed by atoms with Gasteiger partial charge in [-0.3, -0.25) is 9.69 Å². The quantitative estimate of drug-likeness (QED) is 0.935. The van der Waals surface area contributed by atoms with Crippen LogP contribution in [0.5, 0.6) is 0 Å². The van der Waals surface area contributed by atoms with Gasteiger partial charge in [0.25, 0.3) is 0 Å². The Labute approximate surface area is 123 Å². The van der Waals surface area contributed by atoms with Crippen molar-refractivity contribution in [3.05, 3.63) is 48.0 Å². The first-order chi connectivity index (χ1) is 10.3. The molecule has 21 heavy (non-hydrogen) atoms. The first-order valence-electron chi connectivity index (χ1n) is 7.27. The highest BCUT2D eigenvalue weighted by atomic mass is 16.5. The predicted molar refractivity (Wildman–Crippen MR) is 81.5 cm³/mol. The number of ether oxygens (including phenoxy) is 1. The van der Waals surface area contributed by atoms with Crippen molar-refractivity contribution in [2.45, 2.75) is 12.5 Å². The van der Waals surface area contributed by atoms with Crippen LogP contribution in [-0.4, -0.2) is 48.3 Å². The van der Waals surface area contributed by atoms with Crippen molar-refractivity contribution in [2.75, 3.05) is 26.3 Å². The minimum absolute atomic E-state index is 0.486. The van der Waals surface area contributed by atoms with Crippen LogP contribution in [0.4, 0.5) is 0 Å². The molecule has 0 aliphatic carbocycles. The number of nitrogens with zero attached hydrogens (tertiary/aromatic N) is 1. The fraction of sp³-hybridized carbons (Fsp3) is 0.353. The Kier molecular flexibility index (Phi) is 4.18. The van der Waals surface area contributed by atoms with Crippen molar-refractivity contribution in [3.63, 3.8) is 0 Å². The van der Waals surface area contributed by atoms with Gasteiger partial charge in [0.2, 0.25) is 0 Å². The normalized spacial score (nSPS) is 17.7. The van der Waals surface area contributed by atoms with Gasteiger partial charge in [-0.15, -0.1) is 0 Å². The molecular weight excluding hydrogens is 266 g/mol. The van der Waals surface area contributed by atoms with Crippen molar-refractivity contribution >= 4 is 16.7 Å². The number of carbonyl (C=O) groups is 1. The van der Waals surface area contributed by atoms with Gasteiger partial charge in [-0.25, -0.2) is 0 Å². The van der Waals surface area contributed by atoms with Crippen molar-refractivity contribution in [2.24, 2.45) is 0 Å². The second-order valence-electron chi connectivity index (χ2n) is 5.34. The molecule has 0 aromatic heterocycles. The third-order valence-corrected chi connectivity index (χ3v) is 4.06. The zero-order valence-corrected chi connectivity index (χ0v) is 11.9. The van der Waals surface area contributed by atoms with Crippen LogP contribution in [0.2, 0.25) is 0 Å². The van der Waals surface area contributed by atoms with E-state index in [1.807, 2.05) is 29.2 Å². The molecule has 110 valence electrons. The van der Waals surface area contributed by atoms with Crippen LogP contribution in [0.15, 0.2) is 42.5 Å². The van der Waals surface area contributed by atoms with E-state index in [-0.39, 0.29) is 0 Å². The minimum Gasteiger partial charge on any atom is -0.480 e. The number of hydrogen-bond acceptors (Lipinski definition) is 3. The second kappa shape index (κ2) is 6.24. The maximum Gasteiger partial charge on any atom is 0.321 e. The lowest BCUT2D eigenvalue weighted by molar-refractivity contribution is -0.145. The summed E-state index contributed by atoms with van der Waals surface area (Å²) in [4.78, 5) is 13.7. The summed E-state index contributed by atoms with van der Waals surface area (Å²) in [5.41, 5.74) is 1.09. The van der Waals surface area contributed by atoms with Gasteiger partial charge in [0, 0.05) is 13.1 Å². The first kappa shape index (κ1) is 14.0. The van der Waals surface area contributed by atoms with Gasteiger partial charge < -0.3 is 9.84 Å². The highest BCUT2D eigenvalue weighted by molar-refractivity contribution is 5.86. The Morgan fingerprint density at radius 1 is 1.14 bits per heavy atom. The SMILES string of the molecule is O=C(O)C(Cc1cccc2ccccc12)N1CCOCC1. The maximum atomic E-state index is 11.7. The van der Waals surface area contributed by atoms with E-state index in [0.717, 1.165) is 16.3 Å². The predicted octanol–water partition coefficient (Wildman–Crippen LogP) is 2.17. The van der Waals surface area contributed by atoms with Crippen LogP contribution in [-0.2, 0) is 16.0 Å². The molecule has 0 spiro atoms. The molecule has 1 aliphatic rings. The molecule has 0 saturated carbocycles. The van der Waals surface area contributed by atoms with E-state index in [1.165, 1.54) is 0 Å². The van der Waals surface area contributed by atoms with E-state index in [1.54, 1.807) is 0 Å². The summed E-state index contributed by atoms with van der Waals surface area (Å²) in [5, 5.41) is 11.9. The van der Waals surface area contributed by atoms with E-state index in [4.69, 9.17) is 4.74 Å². The fourth-order valence-electron chi connectivity index (χ4n) is 2.94.